The molecule has 0 spiro atoms. The predicted molar refractivity (Wildman–Crippen MR) is 78.3 cm³/mol. The van der Waals surface area contributed by atoms with Crippen LogP contribution in [0.1, 0.15) is 31.3 Å². The fraction of sp³-hybridized carbons (Fsp3) is 0.769. The van der Waals surface area contributed by atoms with Gasteiger partial charge in [0.05, 0.1) is 12.3 Å². The number of rotatable bonds is 8. The molecule has 4 nitrogen and oxygen atoms in total. The Kier molecular flexibility index (Phi) is 6.60. The van der Waals surface area contributed by atoms with Crippen LogP contribution in [0, 0.1) is 5.92 Å². The second kappa shape index (κ2) is 7.71. The molecule has 0 aromatic carbocycles. The molecule has 1 aromatic heterocycles. The fourth-order valence-corrected chi connectivity index (χ4v) is 2.79. The molecule has 18 heavy (non-hydrogen) atoms. The number of nitrogens with zero attached hydrogens (tertiary/aromatic N) is 2. The van der Waals surface area contributed by atoms with Gasteiger partial charge in [0, 0.05) is 32.1 Å². The lowest BCUT2D eigenvalue weighted by atomic mass is 10.2. The van der Waals surface area contributed by atoms with Crippen molar-refractivity contribution in [3.63, 3.8) is 0 Å². The maximum Gasteiger partial charge on any atom is 0.185 e. The van der Waals surface area contributed by atoms with Crippen LogP contribution in [0.2, 0.25) is 0 Å². The second-order valence-electron chi connectivity index (χ2n) is 4.85. The highest BCUT2D eigenvalue weighted by Crippen LogP contribution is 2.26. The monoisotopic (exact) mass is 271 g/mol. The van der Waals surface area contributed by atoms with Crippen molar-refractivity contribution < 1.29 is 4.74 Å². The molecule has 0 aliphatic rings. The summed E-state index contributed by atoms with van der Waals surface area (Å²) in [6.45, 7) is 10.0. The molecule has 1 rings (SSSR count). The van der Waals surface area contributed by atoms with Gasteiger partial charge in [-0.25, -0.2) is 4.98 Å². The molecule has 0 fully saturated rings. The van der Waals surface area contributed by atoms with Crippen molar-refractivity contribution in [2.45, 2.75) is 33.9 Å². The third-order valence-electron chi connectivity index (χ3n) is 2.55. The zero-order valence-corrected chi connectivity index (χ0v) is 12.9. The smallest absolute Gasteiger partial charge is 0.185 e. The van der Waals surface area contributed by atoms with E-state index in [0.29, 0.717) is 12.5 Å². The molecule has 0 saturated carbocycles. The van der Waals surface area contributed by atoms with Gasteiger partial charge in [-0.15, -0.1) is 11.3 Å². The Balaban J connectivity index is 2.79. The molecule has 0 atom stereocenters. The van der Waals surface area contributed by atoms with Gasteiger partial charge in [-0.2, -0.15) is 0 Å². The molecule has 1 N–H and O–H groups in total. The van der Waals surface area contributed by atoms with Crippen LogP contribution in [0.3, 0.4) is 0 Å². The number of hydrogen-bond acceptors (Lipinski definition) is 5. The molecule has 0 aliphatic heterocycles. The molecule has 104 valence electrons. The predicted octanol–water partition coefficient (Wildman–Crippen LogP) is 2.49. The van der Waals surface area contributed by atoms with Crippen molar-refractivity contribution >= 4 is 16.5 Å². The SMILES string of the molecule is CCNCc1sc(N(C)CC(C)C)nc1COC. The number of ether oxygens (including phenoxy) is 1. The number of methoxy groups -OCH3 is 1. The van der Waals surface area contributed by atoms with Crippen LogP contribution in [-0.2, 0) is 17.9 Å². The Morgan fingerprint density at radius 2 is 2.17 bits per heavy atom. The average Bonchev–Trinajstić information content (AvgIpc) is 2.69. The largest absolute Gasteiger partial charge is 0.378 e. The van der Waals surface area contributed by atoms with Gasteiger partial charge in [-0.3, -0.25) is 0 Å². The van der Waals surface area contributed by atoms with Crippen LogP contribution in [0.15, 0.2) is 0 Å². The molecule has 0 amide bonds. The quantitative estimate of drug-likeness (QED) is 0.788. The van der Waals surface area contributed by atoms with Gasteiger partial charge in [0.15, 0.2) is 5.13 Å². The van der Waals surface area contributed by atoms with E-state index in [1.807, 2.05) is 0 Å². The van der Waals surface area contributed by atoms with Crippen LogP contribution in [0.5, 0.6) is 0 Å². The third kappa shape index (κ3) is 4.55. The Morgan fingerprint density at radius 3 is 2.72 bits per heavy atom. The number of hydrogen-bond donors (Lipinski definition) is 1. The third-order valence-corrected chi connectivity index (χ3v) is 3.76. The summed E-state index contributed by atoms with van der Waals surface area (Å²) in [5.74, 6) is 0.641. The average molecular weight is 271 g/mol. The van der Waals surface area contributed by atoms with Crippen molar-refractivity contribution in [1.29, 1.82) is 0 Å². The lowest BCUT2D eigenvalue weighted by Gasteiger charge is -2.17. The van der Waals surface area contributed by atoms with Gasteiger partial charge in [0.2, 0.25) is 0 Å². The van der Waals surface area contributed by atoms with Crippen LogP contribution >= 0.6 is 11.3 Å². The Labute approximate surface area is 114 Å². The summed E-state index contributed by atoms with van der Waals surface area (Å²) in [7, 11) is 3.82. The van der Waals surface area contributed by atoms with Gasteiger partial charge < -0.3 is 15.0 Å². The molecule has 0 bridgehead atoms. The molecular formula is C13H25N3OS. The first-order valence-corrected chi connectivity index (χ1v) is 7.29. The first-order chi connectivity index (χ1) is 8.58. The molecule has 1 heterocycles. The van der Waals surface area contributed by atoms with Gasteiger partial charge in [-0.05, 0) is 12.5 Å². The van der Waals surface area contributed by atoms with Crippen molar-refractivity contribution in [3.05, 3.63) is 10.6 Å². The maximum absolute atomic E-state index is 5.22. The van der Waals surface area contributed by atoms with Crippen molar-refractivity contribution in [2.75, 3.05) is 32.1 Å². The van der Waals surface area contributed by atoms with Gasteiger partial charge in [-0.1, -0.05) is 20.8 Å². The molecule has 1 aromatic rings. The first kappa shape index (κ1) is 15.4. The van der Waals surface area contributed by atoms with Crippen LogP contribution in [-0.4, -0.2) is 32.2 Å². The normalized spacial score (nSPS) is 11.2. The first-order valence-electron chi connectivity index (χ1n) is 6.47. The van der Waals surface area contributed by atoms with E-state index in [-0.39, 0.29) is 0 Å². The van der Waals surface area contributed by atoms with E-state index in [0.717, 1.165) is 30.5 Å². The zero-order chi connectivity index (χ0) is 13.5. The molecule has 0 saturated heterocycles. The van der Waals surface area contributed by atoms with E-state index >= 15 is 0 Å². The molecular weight excluding hydrogens is 246 g/mol. The highest BCUT2D eigenvalue weighted by atomic mass is 32.1. The summed E-state index contributed by atoms with van der Waals surface area (Å²) in [4.78, 5) is 8.19. The van der Waals surface area contributed by atoms with Gasteiger partial charge in [0.25, 0.3) is 0 Å². The van der Waals surface area contributed by atoms with E-state index in [9.17, 15) is 0 Å². The van der Waals surface area contributed by atoms with E-state index in [1.165, 1.54) is 4.88 Å². The summed E-state index contributed by atoms with van der Waals surface area (Å²) in [5, 5.41) is 4.44. The van der Waals surface area contributed by atoms with E-state index in [1.54, 1.807) is 18.4 Å². The van der Waals surface area contributed by atoms with E-state index < -0.39 is 0 Å². The lowest BCUT2D eigenvalue weighted by molar-refractivity contribution is 0.181. The number of thiazole rings is 1. The maximum atomic E-state index is 5.22. The highest BCUT2D eigenvalue weighted by Gasteiger charge is 2.14. The minimum absolute atomic E-state index is 0.590. The summed E-state index contributed by atoms with van der Waals surface area (Å²) in [5.41, 5.74) is 1.06. The molecule has 0 unspecified atom stereocenters. The number of aromatic nitrogens is 1. The number of anilines is 1. The summed E-state index contributed by atoms with van der Waals surface area (Å²) >= 11 is 1.76. The zero-order valence-electron chi connectivity index (χ0n) is 12.1. The Hall–Kier alpha value is -0.650. The standard InChI is InChI=1S/C13H25N3OS/c1-6-14-7-12-11(9-17-5)15-13(18-12)16(4)8-10(2)3/h10,14H,6-9H2,1-5H3. The van der Waals surface area contributed by atoms with E-state index in [2.05, 4.69) is 43.0 Å². The topological polar surface area (TPSA) is 37.4 Å². The summed E-state index contributed by atoms with van der Waals surface area (Å²) < 4.78 is 5.22. The van der Waals surface area contributed by atoms with Crippen LogP contribution in [0.25, 0.3) is 0 Å². The summed E-state index contributed by atoms with van der Waals surface area (Å²) in [6.07, 6.45) is 0. The van der Waals surface area contributed by atoms with Crippen LogP contribution < -0.4 is 10.2 Å². The second-order valence-corrected chi connectivity index (χ2v) is 5.92. The van der Waals surface area contributed by atoms with Crippen molar-refractivity contribution in [2.24, 2.45) is 5.92 Å². The van der Waals surface area contributed by atoms with Gasteiger partial charge >= 0.3 is 0 Å². The molecule has 0 radical (unpaired) electrons. The fourth-order valence-electron chi connectivity index (χ4n) is 1.78. The Bertz CT molecular complexity index is 352. The van der Waals surface area contributed by atoms with Crippen molar-refractivity contribution in [1.82, 2.24) is 10.3 Å². The minimum atomic E-state index is 0.590. The summed E-state index contributed by atoms with van der Waals surface area (Å²) in [6, 6.07) is 0. The minimum Gasteiger partial charge on any atom is -0.378 e. The molecule has 5 heteroatoms. The van der Waals surface area contributed by atoms with Crippen molar-refractivity contribution in [3.8, 4) is 0 Å². The number of nitrogens with one attached hydrogen (secondary N) is 1. The van der Waals surface area contributed by atoms with Crippen LogP contribution in [0.4, 0.5) is 5.13 Å². The Morgan fingerprint density at radius 1 is 1.44 bits per heavy atom. The highest BCUT2D eigenvalue weighted by molar-refractivity contribution is 7.15. The molecule has 0 aliphatic carbocycles. The van der Waals surface area contributed by atoms with Gasteiger partial charge in [0.1, 0.15) is 0 Å². The van der Waals surface area contributed by atoms with E-state index in [4.69, 9.17) is 4.74 Å². The lowest BCUT2D eigenvalue weighted by Crippen LogP contribution is -2.22.